The maximum Gasteiger partial charge on any atom is 0.242 e. The molecule has 2 aromatic heterocycles. The molecule has 7 nitrogen and oxygen atoms in total. The molecule has 3 atom stereocenters. The molecule has 1 aliphatic heterocycles. The number of pyridine rings is 1. The summed E-state index contributed by atoms with van der Waals surface area (Å²) < 4.78 is 1.66. The van der Waals surface area contributed by atoms with Crippen molar-refractivity contribution in [2.45, 2.75) is 45.3 Å². The van der Waals surface area contributed by atoms with Gasteiger partial charge in [0.1, 0.15) is 16.2 Å². The Hall–Kier alpha value is -1.68. The van der Waals surface area contributed by atoms with E-state index in [9.17, 15) is 9.59 Å². The zero-order chi connectivity index (χ0) is 21.8. The van der Waals surface area contributed by atoms with Crippen LogP contribution < -0.4 is 21.7 Å². The Kier molecular flexibility index (Phi) is 7.73. The average molecular weight is 515 g/mol. The van der Waals surface area contributed by atoms with Gasteiger partial charge < -0.3 is 21.7 Å². The maximum atomic E-state index is 12.6. The molecule has 10 heteroatoms. The molecule has 2 amide bonds. The van der Waals surface area contributed by atoms with Crippen molar-refractivity contribution in [2.24, 2.45) is 5.92 Å². The third kappa shape index (κ3) is 5.94. The fraction of sp³-hybridized carbons (Fsp3) is 0.450. The number of anilines is 1. The van der Waals surface area contributed by atoms with Crippen LogP contribution in [0.5, 0.6) is 0 Å². The molecule has 0 bridgehead atoms. The summed E-state index contributed by atoms with van der Waals surface area (Å²) in [5.74, 6) is 0.399. The maximum absolute atomic E-state index is 12.6. The number of nitrogen functional groups attached to an aromatic ring is 1. The largest absolute Gasteiger partial charge is 0.384 e. The molecule has 3 rings (SSSR count). The van der Waals surface area contributed by atoms with Gasteiger partial charge in [0.25, 0.3) is 0 Å². The molecule has 1 fully saturated rings. The van der Waals surface area contributed by atoms with E-state index in [1.165, 1.54) is 4.88 Å². The molecule has 0 spiro atoms. The van der Waals surface area contributed by atoms with Crippen molar-refractivity contribution in [1.29, 1.82) is 0 Å². The van der Waals surface area contributed by atoms with Crippen LogP contribution in [0.25, 0.3) is 0 Å². The number of nitrogens with two attached hydrogens (primary N) is 1. The molecule has 1 aliphatic rings. The van der Waals surface area contributed by atoms with Gasteiger partial charge in [-0.2, -0.15) is 0 Å². The minimum absolute atomic E-state index is 0.157. The zero-order valence-corrected chi connectivity index (χ0v) is 20.0. The van der Waals surface area contributed by atoms with Gasteiger partial charge in [0.15, 0.2) is 0 Å². The van der Waals surface area contributed by atoms with E-state index in [0.29, 0.717) is 18.3 Å². The lowest BCUT2D eigenvalue weighted by molar-refractivity contribution is -0.129. The van der Waals surface area contributed by atoms with Gasteiger partial charge >= 0.3 is 0 Å². The highest BCUT2D eigenvalue weighted by atomic mass is 79.9. The van der Waals surface area contributed by atoms with Crippen LogP contribution in [0.15, 0.2) is 22.7 Å². The monoisotopic (exact) mass is 513 g/mol. The number of halogens is 2. The van der Waals surface area contributed by atoms with Crippen molar-refractivity contribution in [3.8, 4) is 0 Å². The first-order chi connectivity index (χ1) is 14.2. The molecule has 2 aromatic rings. The van der Waals surface area contributed by atoms with Gasteiger partial charge in [-0.1, -0.05) is 17.7 Å². The van der Waals surface area contributed by atoms with E-state index in [4.69, 9.17) is 17.3 Å². The number of carbonyl (C=O) groups excluding carboxylic acids is 2. The van der Waals surface area contributed by atoms with E-state index >= 15 is 0 Å². The Labute approximate surface area is 193 Å². The van der Waals surface area contributed by atoms with E-state index in [2.05, 4.69) is 36.9 Å². The molecule has 3 heterocycles. The second kappa shape index (κ2) is 10.1. The van der Waals surface area contributed by atoms with Gasteiger partial charge in [0.2, 0.25) is 11.8 Å². The fourth-order valence-corrected chi connectivity index (χ4v) is 5.36. The number of carbonyl (C=O) groups is 2. The number of rotatable bonds is 7. The normalized spacial score (nSPS) is 19.5. The standard InChI is InChI=1S/C20H25BrClN5O2S/c1-10-13(3-4-17(23)26-10)9-25-19(28)11(2)27-20(29)16-6-12(8-24-16)5-14-7-15(21)18(22)30-14/h3-4,7,11-12,16,24H,5-6,8-9H2,1-2H3,(H2,23,26)(H,25,28)(H,27,29)/t11-,12-,16+/m0/s1. The predicted octanol–water partition coefficient (Wildman–Crippen LogP) is 2.79. The van der Waals surface area contributed by atoms with Crippen LogP contribution in [0, 0.1) is 12.8 Å². The molecule has 162 valence electrons. The van der Waals surface area contributed by atoms with Crippen molar-refractivity contribution in [1.82, 2.24) is 20.9 Å². The smallest absolute Gasteiger partial charge is 0.242 e. The Morgan fingerprint density at radius 2 is 2.23 bits per heavy atom. The van der Waals surface area contributed by atoms with Gasteiger partial charge in [-0.15, -0.1) is 11.3 Å². The lowest BCUT2D eigenvalue weighted by Crippen LogP contribution is -2.50. The number of aryl methyl sites for hydroxylation is 1. The fourth-order valence-electron chi connectivity index (χ4n) is 3.45. The molecular weight excluding hydrogens is 490 g/mol. The Bertz CT molecular complexity index is 918. The Balaban J connectivity index is 1.45. The van der Waals surface area contributed by atoms with Gasteiger partial charge in [-0.05, 0) is 72.8 Å². The molecule has 1 saturated heterocycles. The Morgan fingerprint density at radius 3 is 2.90 bits per heavy atom. The molecule has 0 aromatic carbocycles. The third-order valence-electron chi connectivity index (χ3n) is 5.15. The highest BCUT2D eigenvalue weighted by Gasteiger charge is 2.31. The van der Waals surface area contributed by atoms with Crippen LogP contribution in [-0.4, -0.2) is 35.4 Å². The SMILES string of the molecule is Cc1nc(N)ccc1CNC(=O)[C@H](C)NC(=O)[C@H]1C[C@H](Cc2cc(Br)c(Cl)s2)CN1. The number of thiophene rings is 1. The summed E-state index contributed by atoms with van der Waals surface area (Å²) in [6, 6.07) is 4.64. The van der Waals surface area contributed by atoms with Crippen LogP contribution in [0.4, 0.5) is 5.82 Å². The highest BCUT2D eigenvalue weighted by molar-refractivity contribution is 9.10. The van der Waals surface area contributed by atoms with Crippen molar-refractivity contribution >= 4 is 56.5 Å². The summed E-state index contributed by atoms with van der Waals surface area (Å²) in [6.45, 7) is 4.61. The number of hydrogen-bond acceptors (Lipinski definition) is 6. The Morgan fingerprint density at radius 1 is 1.47 bits per heavy atom. The average Bonchev–Trinajstić information content (AvgIpc) is 3.27. The first-order valence-corrected chi connectivity index (χ1v) is 11.7. The van der Waals surface area contributed by atoms with Crippen molar-refractivity contribution in [2.75, 3.05) is 12.3 Å². The van der Waals surface area contributed by atoms with E-state index < -0.39 is 6.04 Å². The summed E-state index contributed by atoms with van der Waals surface area (Å²) in [5.41, 5.74) is 7.30. The molecule has 0 unspecified atom stereocenters. The number of hydrogen-bond donors (Lipinski definition) is 4. The summed E-state index contributed by atoms with van der Waals surface area (Å²) in [5, 5.41) is 8.90. The molecule has 0 saturated carbocycles. The van der Waals surface area contributed by atoms with Crippen molar-refractivity contribution in [3.63, 3.8) is 0 Å². The summed E-state index contributed by atoms with van der Waals surface area (Å²) >= 11 is 11.1. The van der Waals surface area contributed by atoms with Crippen molar-refractivity contribution < 1.29 is 9.59 Å². The second-order valence-electron chi connectivity index (χ2n) is 7.53. The van der Waals surface area contributed by atoms with E-state index in [1.54, 1.807) is 24.3 Å². The van der Waals surface area contributed by atoms with E-state index in [0.717, 1.165) is 39.5 Å². The van der Waals surface area contributed by atoms with Gasteiger partial charge in [0, 0.05) is 21.6 Å². The van der Waals surface area contributed by atoms with Crippen LogP contribution in [0.2, 0.25) is 4.34 Å². The third-order valence-corrected chi connectivity index (χ3v) is 7.64. The number of aromatic nitrogens is 1. The van der Waals surface area contributed by atoms with E-state index in [-0.39, 0.29) is 17.9 Å². The summed E-state index contributed by atoms with van der Waals surface area (Å²) in [7, 11) is 0. The van der Waals surface area contributed by atoms with Crippen LogP contribution in [0.3, 0.4) is 0 Å². The minimum atomic E-state index is -0.632. The molecule has 0 radical (unpaired) electrons. The van der Waals surface area contributed by atoms with Crippen LogP contribution in [-0.2, 0) is 22.6 Å². The van der Waals surface area contributed by atoms with E-state index in [1.807, 2.05) is 19.1 Å². The van der Waals surface area contributed by atoms with Gasteiger partial charge in [-0.3, -0.25) is 9.59 Å². The first-order valence-electron chi connectivity index (χ1n) is 9.70. The minimum Gasteiger partial charge on any atom is -0.384 e. The van der Waals surface area contributed by atoms with Crippen LogP contribution in [0.1, 0.15) is 29.5 Å². The van der Waals surface area contributed by atoms with Gasteiger partial charge in [0.05, 0.1) is 6.04 Å². The number of amides is 2. The number of nitrogens with one attached hydrogen (secondary N) is 3. The molecule has 5 N–H and O–H groups in total. The zero-order valence-electron chi connectivity index (χ0n) is 16.8. The summed E-state index contributed by atoms with van der Waals surface area (Å²) in [4.78, 5) is 30.3. The highest BCUT2D eigenvalue weighted by Crippen LogP contribution is 2.34. The topological polar surface area (TPSA) is 109 Å². The van der Waals surface area contributed by atoms with Crippen molar-refractivity contribution in [3.05, 3.63) is 43.1 Å². The molecule has 0 aliphatic carbocycles. The second-order valence-corrected chi connectivity index (χ2v) is 10.1. The molecule has 30 heavy (non-hydrogen) atoms. The predicted molar refractivity (Wildman–Crippen MR) is 123 cm³/mol. The quantitative estimate of drug-likeness (QED) is 0.454. The number of nitrogens with zero attached hydrogens (tertiary/aromatic N) is 1. The lowest BCUT2D eigenvalue weighted by atomic mass is 10.0. The summed E-state index contributed by atoms with van der Waals surface area (Å²) in [6.07, 6.45) is 1.60. The van der Waals surface area contributed by atoms with Gasteiger partial charge in [-0.25, -0.2) is 4.98 Å². The lowest BCUT2D eigenvalue weighted by Gasteiger charge is -2.17. The van der Waals surface area contributed by atoms with Crippen LogP contribution >= 0.6 is 38.9 Å². The first kappa shape index (κ1) is 23.0. The molecular formula is C20H25BrClN5O2S.